The number of halogens is 1. The zero-order chi connectivity index (χ0) is 10.7. The van der Waals surface area contributed by atoms with Gasteiger partial charge in [0.1, 0.15) is 0 Å². The molecule has 5 heteroatoms. The topological polar surface area (TPSA) is 32.3 Å². The highest BCUT2D eigenvalue weighted by Crippen LogP contribution is 2.11. The van der Waals surface area contributed by atoms with E-state index in [0.29, 0.717) is 12.6 Å². The lowest BCUT2D eigenvalue weighted by molar-refractivity contribution is 0.0879. The van der Waals surface area contributed by atoms with Crippen LogP contribution in [-0.2, 0) is 0 Å². The molecule has 0 radical (unpaired) electrons. The van der Waals surface area contributed by atoms with Crippen LogP contribution < -0.4 is 5.32 Å². The highest BCUT2D eigenvalue weighted by atomic mass is 35.5. The Morgan fingerprint density at radius 2 is 2.50 bits per heavy atom. The summed E-state index contributed by atoms with van der Waals surface area (Å²) in [5.41, 5.74) is 0. The second-order valence-corrected chi connectivity index (χ2v) is 4.87. The lowest BCUT2D eigenvalue weighted by atomic mass is 10.2. The summed E-state index contributed by atoms with van der Waals surface area (Å²) in [6.07, 6.45) is 0. The van der Waals surface area contributed by atoms with Crippen molar-refractivity contribution in [2.45, 2.75) is 13.0 Å². The van der Waals surface area contributed by atoms with E-state index in [1.165, 1.54) is 11.3 Å². The SMILES string of the molecule is CC1CNCCN1CC(=O)c1cccs1.Cl. The first-order valence-electron chi connectivity index (χ1n) is 5.29. The van der Waals surface area contributed by atoms with Gasteiger partial charge in [0.25, 0.3) is 0 Å². The van der Waals surface area contributed by atoms with Gasteiger partial charge < -0.3 is 5.32 Å². The number of carbonyl (C=O) groups excluding carboxylic acids is 1. The highest BCUT2D eigenvalue weighted by Gasteiger charge is 2.20. The molecule has 1 aromatic heterocycles. The van der Waals surface area contributed by atoms with E-state index in [0.717, 1.165) is 24.5 Å². The fourth-order valence-electron chi connectivity index (χ4n) is 1.82. The normalized spacial score (nSPS) is 21.4. The van der Waals surface area contributed by atoms with Crippen LogP contribution in [0.1, 0.15) is 16.6 Å². The molecule has 0 amide bonds. The summed E-state index contributed by atoms with van der Waals surface area (Å²) in [5, 5.41) is 5.27. The average Bonchev–Trinajstić information content (AvgIpc) is 2.74. The summed E-state index contributed by atoms with van der Waals surface area (Å²) in [7, 11) is 0. The lowest BCUT2D eigenvalue weighted by Crippen LogP contribution is -2.51. The van der Waals surface area contributed by atoms with Crippen molar-refractivity contribution in [3.63, 3.8) is 0 Å². The molecular weight excluding hydrogens is 244 g/mol. The van der Waals surface area contributed by atoms with Gasteiger partial charge in [-0.1, -0.05) is 6.07 Å². The summed E-state index contributed by atoms with van der Waals surface area (Å²) >= 11 is 1.53. The van der Waals surface area contributed by atoms with E-state index in [9.17, 15) is 4.79 Å². The molecule has 1 aliphatic rings. The van der Waals surface area contributed by atoms with E-state index in [4.69, 9.17) is 0 Å². The third-order valence-electron chi connectivity index (χ3n) is 2.78. The van der Waals surface area contributed by atoms with Crippen LogP contribution >= 0.6 is 23.7 Å². The van der Waals surface area contributed by atoms with Crippen molar-refractivity contribution in [2.24, 2.45) is 0 Å². The van der Waals surface area contributed by atoms with Crippen molar-refractivity contribution in [3.05, 3.63) is 22.4 Å². The molecule has 1 aromatic rings. The van der Waals surface area contributed by atoms with Gasteiger partial charge in [0.15, 0.2) is 5.78 Å². The number of ketones is 1. The predicted molar refractivity (Wildman–Crippen MR) is 69.8 cm³/mol. The summed E-state index contributed by atoms with van der Waals surface area (Å²) in [6, 6.07) is 4.29. The molecule has 2 heterocycles. The molecule has 1 N–H and O–H groups in total. The maximum atomic E-state index is 11.9. The molecule has 1 fully saturated rings. The first-order chi connectivity index (χ1) is 7.27. The molecule has 0 aromatic carbocycles. The molecule has 3 nitrogen and oxygen atoms in total. The van der Waals surface area contributed by atoms with Crippen LogP contribution in [0, 0.1) is 0 Å². The zero-order valence-electron chi connectivity index (χ0n) is 9.31. The maximum absolute atomic E-state index is 11.9. The smallest absolute Gasteiger partial charge is 0.186 e. The van der Waals surface area contributed by atoms with Gasteiger partial charge in [-0.05, 0) is 18.4 Å². The number of carbonyl (C=O) groups is 1. The second-order valence-electron chi connectivity index (χ2n) is 3.92. The molecule has 0 saturated carbocycles. The summed E-state index contributed by atoms with van der Waals surface area (Å²) in [6.45, 7) is 5.66. The Hall–Kier alpha value is -0.420. The number of nitrogens with one attached hydrogen (secondary N) is 1. The molecule has 0 spiro atoms. The highest BCUT2D eigenvalue weighted by molar-refractivity contribution is 7.12. The molecule has 1 saturated heterocycles. The van der Waals surface area contributed by atoms with Gasteiger partial charge >= 0.3 is 0 Å². The first-order valence-corrected chi connectivity index (χ1v) is 6.17. The van der Waals surface area contributed by atoms with Crippen molar-refractivity contribution >= 4 is 29.5 Å². The largest absolute Gasteiger partial charge is 0.314 e. The van der Waals surface area contributed by atoms with Crippen molar-refractivity contribution in [1.29, 1.82) is 0 Å². The number of nitrogens with zero attached hydrogens (tertiary/aromatic N) is 1. The summed E-state index contributed by atoms with van der Waals surface area (Å²) in [4.78, 5) is 15.0. The van der Waals surface area contributed by atoms with Crippen LogP contribution in [0.2, 0.25) is 0 Å². The Labute approximate surface area is 106 Å². The number of thiophene rings is 1. The van der Waals surface area contributed by atoms with Crippen molar-refractivity contribution in [2.75, 3.05) is 26.2 Å². The minimum Gasteiger partial charge on any atom is -0.314 e. The van der Waals surface area contributed by atoms with E-state index < -0.39 is 0 Å². The number of Topliss-reactive ketones (excluding diaryl/α,β-unsaturated/α-hetero) is 1. The monoisotopic (exact) mass is 260 g/mol. The van der Waals surface area contributed by atoms with Crippen LogP contribution in [0.3, 0.4) is 0 Å². The summed E-state index contributed by atoms with van der Waals surface area (Å²) in [5.74, 6) is 0.249. The van der Waals surface area contributed by atoms with Gasteiger partial charge in [0, 0.05) is 25.7 Å². The van der Waals surface area contributed by atoms with E-state index in [1.54, 1.807) is 0 Å². The predicted octanol–water partition coefficient (Wildman–Crippen LogP) is 1.65. The number of hydrogen-bond donors (Lipinski definition) is 1. The van der Waals surface area contributed by atoms with Crippen LogP contribution in [0.4, 0.5) is 0 Å². The Balaban J connectivity index is 0.00000128. The van der Waals surface area contributed by atoms with E-state index in [1.807, 2.05) is 17.5 Å². The molecule has 1 unspecified atom stereocenters. The van der Waals surface area contributed by atoms with Crippen molar-refractivity contribution in [3.8, 4) is 0 Å². The lowest BCUT2D eigenvalue weighted by Gasteiger charge is -2.33. The zero-order valence-corrected chi connectivity index (χ0v) is 10.9. The van der Waals surface area contributed by atoms with Gasteiger partial charge in [-0.3, -0.25) is 9.69 Å². The van der Waals surface area contributed by atoms with Gasteiger partial charge in [0.05, 0.1) is 11.4 Å². The number of hydrogen-bond acceptors (Lipinski definition) is 4. The van der Waals surface area contributed by atoms with Gasteiger partial charge in [-0.2, -0.15) is 0 Å². The van der Waals surface area contributed by atoms with Crippen molar-refractivity contribution < 1.29 is 4.79 Å². The van der Waals surface area contributed by atoms with Crippen LogP contribution in [0.25, 0.3) is 0 Å². The van der Waals surface area contributed by atoms with Gasteiger partial charge in [-0.25, -0.2) is 0 Å². The van der Waals surface area contributed by atoms with Gasteiger partial charge in [-0.15, -0.1) is 23.7 Å². The molecule has 16 heavy (non-hydrogen) atoms. The fraction of sp³-hybridized carbons (Fsp3) is 0.545. The van der Waals surface area contributed by atoms with Crippen LogP contribution in [0.15, 0.2) is 17.5 Å². The Bertz CT molecular complexity index is 329. The second kappa shape index (κ2) is 6.35. The third-order valence-corrected chi connectivity index (χ3v) is 3.69. The van der Waals surface area contributed by atoms with Crippen LogP contribution in [-0.4, -0.2) is 42.9 Å². The van der Waals surface area contributed by atoms with Crippen LogP contribution in [0.5, 0.6) is 0 Å². The quantitative estimate of drug-likeness (QED) is 0.839. The van der Waals surface area contributed by atoms with E-state index in [2.05, 4.69) is 17.1 Å². The van der Waals surface area contributed by atoms with Gasteiger partial charge in [0.2, 0.25) is 0 Å². The minimum absolute atomic E-state index is 0. The molecule has 0 aliphatic carbocycles. The molecule has 0 bridgehead atoms. The van der Waals surface area contributed by atoms with E-state index >= 15 is 0 Å². The summed E-state index contributed by atoms with van der Waals surface area (Å²) < 4.78 is 0. The molecular formula is C11H17ClN2OS. The fourth-order valence-corrected chi connectivity index (χ4v) is 2.47. The molecule has 90 valence electrons. The third kappa shape index (κ3) is 3.28. The Kier molecular flexibility index (Phi) is 5.41. The molecule has 1 aliphatic heterocycles. The van der Waals surface area contributed by atoms with E-state index in [-0.39, 0.29) is 18.2 Å². The first kappa shape index (κ1) is 13.6. The minimum atomic E-state index is 0. The Morgan fingerprint density at radius 1 is 1.69 bits per heavy atom. The molecule has 1 atom stereocenters. The maximum Gasteiger partial charge on any atom is 0.186 e. The number of piperazine rings is 1. The Morgan fingerprint density at radius 3 is 3.12 bits per heavy atom. The van der Waals surface area contributed by atoms with Crippen molar-refractivity contribution in [1.82, 2.24) is 10.2 Å². The standard InChI is InChI=1S/C11H16N2OS.ClH/c1-9-7-12-4-5-13(9)8-10(14)11-3-2-6-15-11;/h2-3,6,9,12H,4-5,7-8H2,1H3;1H. The average molecular weight is 261 g/mol. The molecule has 2 rings (SSSR count). The number of rotatable bonds is 3.